The number of fused-ring (bicyclic) bond motifs is 2. The maximum absolute atomic E-state index is 13.3. The van der Waals surface area contributed by atoms with E-state index in [-0.39, 0.29) is 29.5 Å². The molecule has 2 heterocycles. The summed E-state index contributed by atoms with van der Waals surface area (Å²) in [5.41, 5.74) is -2.94. The third kappa shape index (κ3) is 6.16. The minimum atomic E-state index is -4.93. The van der Waals surface area contributed by atoms with Crippen LogP contribution in [0.3, 0.4) is 0 Å². The Hall–Kier alpha value is -2.63. The molecule has 5 nitrogen and oxygen atoms in total. The monoisotopic (exact) mass is 544 g/mol. The van der Waals surface area contributed by atoms with Crippen molar-refractivity contribution in [2.75, 3.05) is 20.3 Å². The number of piperidine rings is 1. The first-order valence-corrected chi connectivity index (χ1v) is 12.4. The van der Waals surface area contributed by atoms with E-state index in [2.05, 4.69) is 10.6 Å². The first-order valence-electron chi connectivity index (χ1n) is 12.4. The molecule has 2 aromatic carbocycles. The van der Waals surface area contributed by atoms with Gasteiger partial charge in [-0.05, 0) is 55.0 Å². The SMILES string of the molecule is COCCCNC(=O)C1CC2(c3ccccc3)NC1CCC2OCc1cc(C(F)(F)F)cc(C(F)(F)F)c1. The van der Waals surface area contributed by atoms with E-state index < -0.39 is 41.7 Å². The van der Waals surface area contributed by atoms with Gasteiger partial charge in [-0.25, -0.2) is 0 Å². The van der Waals surface area contributed by atoms with Crippen LogP contribution in [0.1, 0.15) is 47.9 Å². The van der Waals surface area contributed by atoms with Gasteiger partial charge in [-0.1, -0.05) is 30.3 Å². The zero-order chi connectivity index (χ0) is 27.6. The highest BCUT2D eigenvalue weighted by atomic mass is 19.4. The van der Waals surface area contributed by atoms with E-state index in [1.54, 1.807) is 7.11 Å². The molecule has 0 spiro atoms. The molecule has 4 atom stereocenters. The Bertz CT molecular complexity index is 1080. The zero-order valence-electron chi connectivity index (χ0n) is 20.8. The van der Waals surface area contributed by atoms with Crippen molar-refractivity contribution < 1.29 is 40.6 Å². The van der Waals surface area contributed by atoms with Crippen molar-refractivity contribution in [1.82, 2.24) is 10.6 Å². The number of nitrogens with one attached hydrogen (secondary N) is 2. The highest BCUT2D eigenvalue weighted by Crippen LogP contribution is 2.48. The molecule has 38 heavy (non-hydrogen) atoms. The van der Waals surface area contributed by atoms with Crippen LogP contribution in [0.5, 0.6) is 0 Å². The first kappa shape index (κ1) is 28.4. The number of benzene rings is 2. The number of alkyl halides is 6. The predicted octanol–water partition coefficient (Wildman–Crippen LogP) is 5.43. The molecule has 2 aromatic rings. The Labute approximate surface area is 216 Å². The molecule has 0 aliphatic carbocycles. The van der Waals surface area contributed by atoms with Gasteiger partial charge in [0, 0.05) is 26.3 Å². The lowest BCUT2D eigenvalue weighted by Gasteiger charge is -2.42. The molecule has 1 amide bonds. The highest BCUT2D eigenvalue weighted by Gasteiger charge is 2.56. The minimum absolute atomic E-state index is 0.106. The Morgan fingerprint density at radius 2 is 1.68 bits per heavy atom. The van der Waals surface area contributed by atoms with E-state index in [0.717, 1.165) is 5.56 Å². The van der Waals surface area contributed by atoms with Gasteiger partial charge < -0.3 is 20.1 Å². The molecule has 0 saturated carbocycles. The summed E-state index contributed by atoms with van der Waals surface area (Å²) in [5, 5.41) is 6.48. The molecule has 11 heteroatoms. The van der Waals surface area contributed by atoms with Crippen molar-refractivity contribution in [3.05, 3.63) is 70.8 Å². The summed E-state index contributed by atoms with van der Waals surface area (Å²) < 4.78 is 91.0. The van der Waals surface area contributed by atoms with E-state index in [1.807, 2.05) is 30.3 Å². The lowest BCUT2D eigenvalue weighted by atomic mass is 9.80. The zero-order valence-corrected chi connectivity index (χ0v) is 20.8. The van der Waals surface area contributed by atoms with Gasteiger partial charge in [-0.3, -0.25) is 4.79 Å². The van der Waals surface area contributed by atoms with Crippen LogP contribution in [-0.4, -0.2) is 38.3 Å². The molecule has 0 radical (unpaired) electrons. The van der Waals surface area contributed by atoms with Crippen LogP contribution in [0.2, 0.25) is 0 Å². The molecule has 2 bridgehead atoms. The molecule has 2 fully saturated rings. The average Bonchev–Trinajstić information content (AvgIpc) is 3.19. The van der Waals surface area contributed by atoms with Gasteiger partial charge in [0.25, 0.3) is 0 Å². The van der Waals surface area contributed by atoms with Crippen LogP contribution in [-0.2, 0) is 38.8 Å². The van der Waals surface area contributed by atoms with Crippen molar-refractivity contribution in [1.29, 1.82) is 0 Å². The molecule has 2 saturated heterocycles. The summed E-state index contributed by atoms with van der Waals surface area (Å²) in [4.78, 5) is 13.0. The normalized spacial score (nSPS) is 25.4. The Balaban J connectivity index is 1.57. The smallest absolute Gasteiger partial charge is 0.385 e. The van der Waals surface area contributed by atoms with Crippen LogP contribution in [0, 0.1) is 5.92 Å². The molecule has 2 aliphatic heterocycles. The lowest BCUT2D eigenvalue weighted by molar-refractivity contribution is -0.143. The summed E-state index contributed by atoms with van der Waals surface area (Å²) >= 11 is 0. The van der Waals surface area contributed by atoms with Crippen molar-refractivity contribution in [3.8, 4) is 0 Å². The third-order valence-electron chi connectivity index (χ3n) is 7.31. The molecule has 4 unspecified atom stereocenters. The van der Waals surface area contributed by atoms with Gasteiger partial charge in [-0.15, -0.1) is 0 Å². The molecule has 4 rings (SSSR count). The molecular weight excluding hydrogens is 514 g/mol. The number of methoxy groups -OCH3 is 1. The number of amides is 1. The van der Waals surface area contributed by atoms with E-state index in [4.69, 9.17) is 9.47 Å². The van der Waals surface area contributed by atoms with Crippen LogP contribution in [0.25, 0.3) is 0 Å². The van der Waals surface area contributed by atoms with Crippen molar-refractivity contribution in [2.45, 2.75) is 62.3 Å². The van der Waals surface area contributed by atoms with Crippen molar-refractivity contribution in [3.63, 3.8) is 0 Å². The van der Waals surface area contributed by atoms with E-state index >= 15 is 0 Å². The van der Waals surface area contributed by atoms with Crippen LogP contribution in [0.4, 0.5) is 26.3 Å². The topological polar surface area (TPSA) is 59.6 Å². The maximum atomic E-state index is 13.3. The fourth-order valence-corrected chi connectivity index (χ4v) is 5.54. The first-order chi connectivity index (χ1) is 17.9. The van der Waals surface area contributed by atoms with Crippen LogP contribution < -0.4 is 10.6 Å². The second-order valence-electron chi connectivity index (χ2n) is 9.83. The number of hydrogen-bond acceptors (Lipinski definition) is 4. The number of halogens is 6. The summed E-state index contributed by atoms with van der Waals surface area (Å²) in [6.45, 7) is 0.541. The van der Waals surface area contributed by atoms with Gasteiger partial charge in [0.1, 0.15) is 0 Å². The fourth-order valence-electron chi connectivity index (χ4n) is 5.54. The van der Waals surface area contributed by atoms with Gasteiger partial charge in [-0.2, -0.15) is 26.3 Å². The van der Waals surface area contributed by atoms with Gasteiger partial charge in [0.15, 0.2) is 0 Å². The molecule has 208 valence electrons. The van der Waals surface area contributed by atoms with Gasteiger partial charge in [0.05, 0.1) is 35.3 Å². The third-order valence-corrected chi connectivity index (χ3v) is 7.31. The van der Waals surface area contributed by atoms with Crippen LogP contribution in [0.15, 0.2) is 48.5 Å². The molecule has 2 aliphatic rings. The van der Waals surface area contributed by atoms with Gasteiger partial charge in [0.2, 0.25) is 5.91 Å². The number of carbonyl (C=O) groups is 1. The largest absolute Gasteiger partial charge is 0.416 e. The standard InChI is InChI=1S/C27H30F6N2O3/c1-37-11-5-10-34-24(36)21-15-25(18-6-3-2-4-7-18)23(9-8-22(21)35-25)38-16-17-12-19(26(28,29)30)14-20(13-17)27(31,32)33/h2-4,6-7,12-14,21-23,35H,5,8-11,15-16H2,1H3,(H,34,36). The Kier molecular flexibility index (Phi) is 8.39. The second-order valence-corrected chi connectivity index (χ2v) is 9.83. The summed E-state index contributed by atoms with van der Waals surface area (Å²) in [6, 6.07) is 10.6. The minimum Gasteiger partial charge on any atom is -0.385 e. The van der Waals surface area contributed by atoms with Crippen molar-refractivity contribution in [2.24, 2.45) is 5.92 Å². The number of carbonyl (C=O) groups excluding carboxylic acids is 1. The molecule has 0 aromatic heterocycles. The highest BCUT2D eigenvalue weighted by molar-refractivity contribution is 5.80. The quantitative estimate of drug-likeness (QED) is 0.327. The Morgan fingerprint density at radius 1 is 1.03 bits per heavy atom. The van der Waals surface area contributed by atoms with Gasteiger partial charge >= 0.3 is 12.4 Å². The number of rotatable bonds is 9. The fraction of sp³-hybridized carbons (Fsp3) is 0.519. The van der Waals surface area contributed by atoms with Crippen molar-refractivity contribution >= 4 is 5.91 Å². The summed E-state index contributed by atoms with van der Waals surface area (Å²) in [5.74, 6) is -0.471. The Morgan fingerprint density at radius 3 is 2.29 bits per heavy atom. The number of hydrogen-bond donors (Lipinski definition) is 2. The molecular formula is C27H30F6N2O3. The second kappa shape index (κ2) is 11.2. The summed E-state index contributed by atoms with van der Waals surface area (Å²) in [6.07, 6.45) is -8.32. The van der Waals surface area contributed by atoms with E-state index in [0.29, 0.717) is 51.0 Å². The van der Waals surface area contributed by atoms with Crippen LogP contribution >= 0.6 is 0 Å². The average molecular weight is 545 g/mol. The maximum Gasteiger partial charge on any atom is 0.416 e. The number of ether oxygens (including phenoxy) is 2. The van der Waals surface area contributed by atoms with E-state index in [1.165, 1.54) is 0 Å². The molecule has 2 N–H and O–H groups in total. The summed E-state index contributed by atoms with van der Waals surface area (Å²) in [7, 11) is 1.58. The van der Waals surface area contributed by atoms with E-state index in [9.17, 15) is 31.1 Å². The lowest BCUT2D eigenvalue weighted by Crippen LogP contribution is -2.54. The predicted molar refractivity (Wildman–Crippen MR) is 127 cm³/mol.